The zero-order valence-corrected chi connectivity index (χ0v) is 6.76. The van der Waals surface area contributed by atoms with Crippen LogP contribution in [0.2, 0.25) is 0 Å². The molecule has 0 amide bonds. The SMILES string of the molecule is C/C=C(/C)N1CCOCC1. The Hall–Kier alpha value is -0.500. The predicted molar refractivity (Wildman–Crippen MR) is 41.8 cm³/mol. The van der Waals surface area contributed by atoms with Crippen LogP contribution in [0, 0.1) is 0 Å². The summed E-state index contributed by atoms with van der Waals surface area (Å²) >= 11 is 0. The molecule has 2 nitrogen and oxygen atoms in total. The first-order chi connectivity index (χ1) is 4.84. The van der Waals surface area contributed by atoms with Crippen molar-refractivity contribution >= 4 is 0 Å². The molecule has 0 radical (unpaired) electrons. The van der Waals surface area contributed by atoms with E-state index in [0.29, 0.717) is 0 Å². The van der Waals surface area contributed by atoms with Gasteiger partial charge in [0.25, 0.3) is 0 Å². The molecule has 1 aliphatic heterocycles. The molecule has 0 aromatic heterocycles. The summed E-state index contributed by atoms with van der Waals surface area (Å²) in [5.74, 6) is 0. The van der Waals surface area contributed by atoms with Crippen molar-refractivity contribution in [2.75, 3.05) is 26.3 Å². The summed E-state index contributed by atoms with van der Waals surface area (Å²) in [6.07, 6.45) is 2.14. The van der Waals surface area contributed by atoms with Gasteiger partial charge in [-0.15, -0.1) is 0 Å². The van der Waals surface area contributed by atoms with Gasteiger partial charge in [-0.3, -0.25) is 0 Å². The third kappa shape index (κ3) is 1.74. The highest BCUT2D eigenvalue weighted by molar-refractivity contribution is 4.95. The maximum Gasteiger partial charge on any atom is 0.0642 e. The number of allylic oxidation sites excluding steroid dienone is 2. The summed E-state index contributed by atoms with van der Waals surface area (Å²) in [6, 6.07) is 0. The molecule has 0 aliphatic carbocycles. The molecule has 0 saturated carbocycles. The Morgan fingerprint density at radius 1 is 1.40 bits per heavy atom. The largest absolute Gasteiger partial charge is 0.378 e. The molecule has 1 aliphatic rings. The monoisotopic (exact) mass is 141 g/mol. The van der Waals surface area contributed by atoms with E-state index in [1.54, 1.807) is 0 Å². The maximum atomic E-state index is 5.23. The zero-order chi connectivity index (χ0) is 7.40. The van der Waals surface area contributed by atoms with Gasteiger partial charge in [0.1, 0.15) is 0 Å². The first kappa shape index (κ1) is 7.61. The van der Waals surface area contributed by atoms with Crippen molar-refractivity contribution in [3.8, 4) is 0 Å². The van der Waals surface area contributed by atoms with Gasteiger partial charge in [-0.05, 0) is 13.8 Å². The van der Waals surface area contributed by atoms with E-state index in [-0.39, 0.29) is 0 Å². The van der Waals surface area contributed by atoms with Crippen LogP contribution in [-0.4, -0.2) is 31.2 Å². The Balaban J connectivity index is 2.39. The van der Waals surface area contributed by atoms with Crippen LogP contribution < -0.4 is 0 Å². The molecule has 1 heterocycles. The van der Waals surface area contributed by atoms with Crippen LogP contribution >= 0.6 is 0 Å². The lowest BCUT2D eigenvalue weighted by molar-refractivity contribution is 0.0537. The van der Waals surface area contributed by atoms with E-state index in [4.69, 9.17) is 4.74 Å². The molecule has 0 aromatic carbocycles. The number of nitrogens with zero attached hydrogens (tertiary/aromatic N) is 1. The van der Waals surface area contributed by atoms with Crippen molar-refractivity contribution in [1.82, 2.24) is 4.90 Å². The van der Waals surface area contributed by atoms with E-state index in [1.807, 2.05) is 0 Å². The standard InChI is InChI=1S/C8H15NO/c1-3-8(2)9-4-6-10-7-5-9/h3H,4-7H2,1-2H3/b8-3-. The van der Waals surface area contributed by atoms with Crippen molar-refractivity contribution in [1.29, 1.82) is 0 Å². The highest BCUT2D eigenvalue weighted by atomic mass is 16.5. The predicted octanol–water partition coefficient (Wildman–Crippen LogP) is 1.24. The first-order valence-corrected chi connectivity index (χ1v) is 3.80. The van der Waals surface area contributed by atoms with Crippen molar-refractivity contribution < 1.29 is 4.74 Å². The molecule has 10 heavy (non-hydrogen) atoms. The molecule has 0 N–H and O–H groups in total. The van der Waals surface area contributed by atoms with Gasteiger partial charge in [0.15, 0.2) is 0 Å². The molecule has 1 fully saturated rings. The van der Waals surface area contributed by atoms with Gasteiger partial charge < -0.3 is 9.64 Å². The van der Waals surface area contributed by atoms with Crippen LogP contribution in [0.3, 0.4) is 0 Å². The van der Waals surface area contributed by atoms with E-state index in [9.17, 15) is 0 Å². The molecule has 2 heteroatoms. The Kier molecular flexibility index (Phi) is 2.75. The Morgan fingerprint density at radius 2 is 2.00 bits per heavy atom. The van der Waals surface area contributed by atoms with Crippen LogP contribution in [0.15, 0.2) is 11.8 Å². The van der Waals surface area contributed by atoms with E-state index < -0.39 is 0 Å². The highest BCUT2D eigenvalue weighted by Crippen LogP contribution is 2.05. The smallest absolute Gasteiger partial charge is 0.0642 e. The third-order valence-electron chi connectivity index (χ3n) is 1.93. The molecular weight excluding hydrogens is 126 g/mol. The molecule has 0 atom stereocenters. The maximum absolute atomic E-state index is 5.23. The van der Waals surface area contributed by atoms with Gasteiger partial charge in [0.2, 0.25) is 0 Å². The molecule has 0 unspecified atom stereocenters. The molecular formula is C8H15NO. The second-order valence-corrected chi connectivity index (χ2v) is 2.53. The van der Waals surface area contributed by atoms with E-state index in [0.717, 1.165) is 26.3 Å². The van der Waals surface area contributed by atoms with Gasteiger partial charge >= 0.3 is 0 Å². The molecule has 0 bridgehead atoms. The van der Waals surface area contributed by atoms with E-state index >= 15 is 0 Å². The number of rotatable bonds is 1. The Labute approximate surface area is 62.5 Å². The summed E-state index contributed by atoms with van der Waals surface area (Å²) in [4.78, 5) is 2.35. The van der Waals surface area contributed by atoms with Crippen LogP contribution in [0.5, 0.6) is 0 Å². The lowest BCUT2D eigenvalue weighted by Gasteiger charge is -2.29. The van der Waals surface area contributed by atoms with Gasteiger partial charge in [-0.25, -0.2) is 0 Å². The number of morpholine rings is 1. The van der Waals surface area contributed by atoms with Crippen LogP contribution in [0.1, 0.15) is 13.8 Å². The average Bonchev–Trinajstić information content (AvgIpc) is 2.05. The molecule has 1 saturated heterocycles. The summed E-state index contributed by atoms with van der Waals surface area (Å²) in [7, 11) is 0. The summed E-state index contributed by atoms with van der Waals surface area (Å²) in [5, 5.41) is 0. The van der Waals surface area contributed by atoms with Crippen molar-refractivity contribution in [3.05, 3.63) is 11.8 Å². The summed E-state index contributed by atoms with van der Waals surface area (Å²) in [6.45, 7) is 8.08. The topological polar surface area (TPSA) is 12.5 Å². The summed E-state index contributed by atoms with van der Waals surface area (Å²) in [5.41, 5.74) is 1.36. The fourth-order valence-corrected chi connectivity index (χ4v) is 1.10. The first-order valence-electron chi connectivity index (χ1n) is 3.80. The Bertz CT molecular complexity index is 125. The lowest BCUT2D eigenvalue weighted by Crippen LogP contribution is -2.34. The zero-order valence-electron chi connectivity index (χ0n) is 6.76. The molecule has 0 spiro atoms. The fourth-order valence-electron chi connectivity index (χ4n) is 1.10. The molecule has 0 aromatic rings. The minimum atomic E-state index is 0.880. The highest BCUT2D eigenvalue weighted by Gasteiger charge is 2.08. The average molecular weight is 141 g/mol. The number of ether oxygens (including phenoxy) is 1. The normalized spacial score (nSPS) is 21.4. The molecule has 58 valence electrons. The van der Waals surface area contributed by atoms with Crippen LogP contribution in [0.25, 0.3) is 0 Å². The van der Waals surface area contributed by atoms with E-state index in [2.05, 4.69) is 24.8 Å². The van der Waals surface area contributed by atoms with Crippen molar-refractivity contribution in [3.63, 3.8) is 0 Å². The second-order valence-electron chi connectivity index (χ2n) is 2.53. The van der Waals surface area contributed by atoms with Gasteiger partial charge in [0.05, 0.1) is 13.2 Å². The Morgan fingerprint density at radius 3 is 2.50 bits per heavy atom. The van der Waals surface area contributed by atoms with Gasteiger partial charge in [0, 0.05) is 18.8 Å². The van der Waals surface area contributed by atoms with Crippen LogP contribution in [-0.2, 0) is 4.74 Å². The minimum Gasteiger partial charge on any atom is -0.378 e. The fraction of sp³-hybridized carbons (Fsp3) is 0.750. The minimum absolute atomic E-state index is 0.880. The van der Waals surface area contributed by atoms with Crippen molar-refractivity contribution in [2.24, 2.45) is 0 Å². The third-order valence-corrected chi connectivity index (χ3v) is 1.93. The molecule has 1 rings (SSSR count). The second kappa shape index (κ2) is 3.62. The quantitative estimate of drug-likeness (QED) is 0.545. The van der Waals surface area contributed by atoms with Gasteiger partial charge in [-0.2, -0.15) is 0 Å². The van der Waals surface area contributed by atoms with Crippen LogP contribution in [0.4, 0.5) is 0 Å². The van der Waals surface area contributed by atoms with Crippen molar-refractivity contribution in [2.45, 2.75) is 13.8 Å². The lowest BCUT2D eigenvalue weighted by atomic mass is 10.3. The number of hydrogen-bond acceptors (Lipinski definition) is 2. The number of hydrogen-bond donors (Lipinski definition) is 0. The summed E-state index contributed by atoms with van der Waals surface area (Å²) < 4.78 is 5.23. The van der Waals surface area contributed by atoms with E-state index in [1.165, 1.54) is 5.70 Å². The van der Waals surface area contributed by atoms with Gasteiger partial charge in [-0.1, -0.05) is 6.08 Å².